The molecule has 0 saturated carbocycles. The Morgan fingerprint density at radius 1 is 0.842 bits per heavy atom. The Kier molecular flexibility index (Phi) is 3.02. The Morgan fingerprint density at radius 2 is 1.63 bits per heavy atom. The number of halogens is 1. The maximum Gasteiger partial charge on any atom is 0.131 e. The number of fused-ring (bicyclic) bond motifs is 1. The molecule has 0 bridgehead atoms. The third-order valence-corrected chi connectivity index (χ3v) is 3.33. The van der Waals surface area contributed by atoms with Crippen LogP contribution in [0.5, 0.6) is 0 Å². The van der Waals surface area contributed by atoms with Crippen LogP contribution in [0, 0.1) is 5.82 Å². The molecule has 0 spiro atoms. The number of rotatable bonds is 2. The molecule has 0 fully saturated rings. The summed E-state index contributed by atoms with van der Waals surface area (Å²) in [7, 11) is 0. The Bertz CT molecular complexity index is 734. The zero-order valence-corrected chi connectivity index (χ0v) is 10.4. The zero-order valence-electron chi connectivity index (χ0n) is 10.4. The molecular formula is C17H14FN. The molecule has 0 radical (unpaired) electrons. The molecule has 0 saturated heterocycles. The van der Waals surface area contributed by atoms with E-state index in [2.05, 4.69) is 0 Å². The van der Waals surface area contributed by atoms with E-state index in [1.165, 1.54) is 6.07 Å². The van der Waals surface area contributed by atoms with Crippen molar-refractivity contribution in [2.75, 3.05) is 0 Å². The van der Waals surface area contributed by atoms with Crippen molar-refractivity contribution in [3.8, 4) is 11.1 Å². The molecule has 0 aliphatic heterocycles. The van der Waals surface area contributed by atoms with E-state index in [-0.39, 0.29) is 5.82 Å². The second kappa shape index (κ2) is 4.82. The van der Waals surface area contributed by atoms with Crippen molar-refractivity contribution in [2.45, 2.75) is 6.54 Å². The van der Waals surface area contributed by atoms with Gasteiger partial charge in [-0.25, -0.2) is 4.39 Å². The molecule has 0 aliphatic rings. The number of nitrogens with two attached hydrogens (primary N) is 1. The van der Waals surface area contributed by atoms with Gasteiger partial charge < -0.3 is 5.73 Å². The largest absolute Gasteiger partial charge is 0.326 e. The van der Waals surface area contributed by atoms with Gasteiger partial charge >= 0.3 is 0 Å². The third kappa shape index (κ3) is 2.23. The topological polar surface area (TPSA) is 26.0 Å². The van der Waals surface area contributed by atoms with Crippen molar-refractivity contribution in [1.82, 2.24) is 0 Å². The lowest BCUT2D eigenvalue weighted by molar-refractivity contribution is 0.629. The summed E-state index contributed by atoms with van der Waals surface area (Å²) >= 11 is 0. The molecule has 2 N–H and O–H groups in total. The lowest BCUT2D eigenvalue weighted by Crippen LogP contribution is -1.97. The summed E-state index contributed by atoms with van der Waals surface area (Å²) in [5.41, 5.74) is 7.83. The van der Waals surface area contributed by atoms with E-state index < -0.39 is 0 Å². The summed E-state index contributed by atoms with van der Waals surface area (Å²) in [5.74, 6) is -0.224. The highest BCUT2D eigenvalue weighted by molar-refractivity contribution is 5.87. The average molecular weight is 251 g/mol. The first-order chi connectivity index (χ1) is 9.28. The predicted octanol–water partition coefficient (Wildman–Crippen LogP) is 4.10. The fourth-order valence-corrected chi connectivity index (χ4v) is 2.28. The van der Waals surface area contributed by atoms with Crippen LogP contribution in [0.15, 0.2) is 60.7 Å². The summed E-state index contributed by atoms with van der Waals surface area (Å²) in [6.07, 6.45) is 0. The highest BCUT2D eigenvalue weighted by atomic mass is 19.1. The van der Waals surface area contributed by atoms with Crippen LogP contribution in [0.25, 0.3) is 21.9 Å². The van der Waals surface area contributed by atoms with Gasteiger partial charge in [-0.2, -0.15) is 0 Å². The standard InChI is InChI=1S/C17H14FN/c18-17-9-12(11-19)5-8-16(17)15-7-6-13-3-1-2-4-14(13)10-15/h1-10H,11,19H2. The second-order valence-electron chi connectivity index (χ2n) is 4.58. The second-order valence-corrected chi connectivity index (χ2v) is 4.58. The molecule has 94 valence electrons. The van der Waals surface area contributed by atoms with E-state index in [1.807, 2.05) is 48.5 Å². The minimum Gasteiger partial charge on any atom is -0.326 e. The first-order valence-electron chi connectivity index (χ1n) is 6.25. The van der Waals surface area contributed by atoms with Gasteiger partial charge in [0.1, 0.15) is 5.82 Å². The molecule has 0 atom stereocenters. The van der Waals surface area contributed by atoms with E-state index in [4.69, 9.17) is 5.73 Å². The molecule has 3 rings (SSSR count). The van der Waals surface area contributed by atoms with Crippen molar-refractivity contribution in [3.63, 3.8) is 0 Å². The molecule has 1 nitrogen and oxygen atoms in total. The summed E-state index contributed by atoms with van der Waals surface area (Å²) < 4.78 is 14.1. The van der Waals surface area contributed by atoms with Crippen LogP contribution in [-0.2, 0) is 6.54 Å². The minimum absolute atomic E-state index is 0.224. The fourth-order valence-electron chi connectivity index (χ4n) is 2.28. The lowest BCUT2D eigenvalue weighted by Gasteiger charge is -2.07. The Morgan fingerprint density at radius 3 is 2.37 bits per heavy atom. The van der Waals surface area contributed by atoms with Gasteiger partial charge in [0.25, 0.3) is 0 Å². The smallest absolute Gasteiger partial charge is 0.131 e. The number of hydrogen-bond donors (Lipinski definition) is 1. The minimum atomic E-state index is -0.224. The molecule has 19 heavy (non-hydrogen) atoms. The van der Waals surface area contributed by atoms with Gasteiger partial charge in [-0.1, -0.05) is 48.5 Å². The third-order valence-electron chi connectivity index (χ3n) is 3.33. The van der Waals surface area contributed by atoms with Crippen molar-refractivity contribution < 1.29 is 4.39 Å². The first-order valence-corrected chi connectivity index (χ1v) is 6.25. The molecule has 3 aromatic rings. The zero-order chi connectivity index (χ0) is 13.2. The summed E-state index contributed by atoms with van der Waals surface area (Å²) in [5, 5.41) is 2.27. The Labute approximate surface area is 111 Å². The predicted molar refractivity (Wildman–Crippen MR) is 77.2 cm³/mol. The van der Waals surface area contributed by atoms with Crippen molar-refractivity contribution >= 4 is 10.8 Å². The maximum absolute atomic E-state index is 14.1. The first kappa shape index (κ1) is 11.9. The van der Waals surface area contributed by atoms with Crippen molar-refractivity contribution in [3.05, 3.63) is 72.0 Å². The SMILES string of the molecule is NCc1ccc(-c2ccc3ccccc3c2)c(F)c1. The molecule has 0 aliphatic carbocycles. The maximum atomic E-state index is 14.1. The summed E-state index contributed by atoms with van der Waals surface area (Å²) in [6, 6.07) is 19.2. The molecule has 3 aromatic carbocycles. The highest BCUT2D eigenvalue weighted by Crippen LogP contribution is 2.27. The van der Waals surface area contributed by atoms with Gasteiger partial charge in [-0.05, 0) is 34.0 Å². The highest BCUT2D eigenvalue weighted by Gasteiger charge is 2.06. The van der Waals surface area contributed by atoms with Gasteiger partial charge in [0, 0.05) is 12.1 Å². The van der Waals surface area contributed by atoms with Crippen LogP contribution >= 0.6 is 0 Å². The molecule has 0 unspecified atom stereocenters. The fraction of sp³-hybridized carbons (Fsp3) is 0.0588. The van der Waals surface area contributed by atoms with Crippen molar-refractivity contribution in [1.29, 1.82) is 0 Å². The van der Waals surface area contributed by atoms with Gasteiger partial charge in [0.15, 0.2) is 0 Å². The van der Waals surface area contributed by atoms with Crippen LogP contribution in [0.1, 0.15) is 5.56 Å². The van der Waals surface area contributed by atoms with Crippen LogP contribution < -0.4 is 5.73 Å². The normalized spacial score (nSPS) is 10.8. The molecule has 2 heteroatoms. The van der Waals surface area contributed by atoms with Crippen LogP contribution in [0.4, 0.5) is 4.39 Å². The van der Waals surface area contributed by atoms with Crippen LogP contribution in [0.3, 0.4) is 0 Å². The number of benzene rings is 3. The summed E-state index contributed by atoms with van der Waals surface area (Å²) in [4.78, 5) is 0. The lowest BCUT2D eigenvalue weighted by atomic mass is 10.00. The Hall–Kier alpha value is -2.19. The molecule has 0 amide bonds. The van der Waals surface area contributed by atoms with Gasteiger partial charge in [-0.3, -0.25) is 0 Å². The van der Waals surface area contributed by atoms with E-state index in [1.54, 1.807) is 6.07 Å². The molecule has 0 aromatic heterocycles. The average Bonchev–Trinajstić information content (AvgIpc) is 2.46. The molecule has 0 heterocycles. The van der Waals surface area contributed by atoms with E-state index >= 15 is 0 Å². The van der Waals surface area contributed by atoms with E-state index in [0.717, 1.165) is 21.9 Å². The van der Waals surface area contributed by atoms with E-state index in [0.29, 0.717) is 12.1 Å². The summed E-state index contributed by atoms with van der Waals surface area (Å²) in [6.45, 7) is 0.356. The van der Waals surface area contributed by atoms with Crippen molar-refractivity contribution in [2.24, 2.45) is 5.73 Å². The van der Waals surface area contributed by atoms with Gasteiger partial charge in [0.2, 0.25) is 0 Å². The monoisotopic (exact) mass is 251 g/mol. The van der Waals surface area contributed by atoms with Gasteiger partial charge in [0.05, 0.1) is 0 Å². The Balaban J connectivity index is 2.13. The quantitative estimate of drug-likeness (QED) is 0.729. The van der Waals surface area contributed by atoms with Gasteiger partial charge in [-0.15, -0.1) is 0 Å². The van der Waals surface area contributed by atoms with E-state index in [9.17, 15) is 4.39 Å². The van der Waals surface area contributed by atoms with Crippen LogP contribution in [-0.4, -0.2) is 0 Å². The molecular weight excluding hydrogens is 237 g/mol. The number of hydrogen-bond acceptors (Lipinski definition) is 1. The van der Waals surface area contributed by atoms with Crippen LogP contribution in [0.2, 0.25) is 0 Å².